The van der Waals surface area contributed by atoms with Gasteiger partial charge in [-0.1, -0.05) is 0 Å². The molecular weight excluding hydrogens is 432 g/mol. The molecule has 0 N–H and O–H groups in total. The second-order valence-electron chi connectivity index (χ2n) is 3.91. The van der Waals surface area contributed by atoms with Crippen LogP contribution in [0.4, 0.5) is 10.1 Å². The third kappa shape index (κ3) is 2.50. The molecule has 8 heteroatoms. The molecule has 5 nitrogen and oxygen atoms in total. The normalized spacial score (nSPS) is 10.8. The molecule has 0 unspecified atom stereocenters. The van der Waals surface area contributed by atoms with Crippen molar-refractivity contribution in [2.24, 2.45) is 0 Å². The van der Waals surface area contributed by atoms with E-state index in [0.29, 0.717) is 11.4 Å². The van der Waals surface area contributed by atoms with Gasteiger partial charge in [-0.25, -0.2) is 9.07 Å². The van der Waals surface area contributed by atoms with Gasteiger partial charge in [0.25, 0.3) is 5.69 Å². The first-order chi connectivity index (χ1) is 8.82. The highest BCUT2D eigenvalue weighted by Crippen LogP contribution is 2.30. The van der Waals surface area contributed by atoms with Gasteiger partial charge >= 0.3 is 0 Å². The lowest BCUT2D eigenvalue weighted by Crippen LogP contribution is -2.05. The molecule has 0 bridgehead atoms. The first kappa shape index (κ1) is 14.4. The summed E-state index contributed by atoms with van der Waals surface area (Å²) in [5.74, 6) is -0.509. The predicted molar refractivity (Wildman–Crippen MR) is 80.1 cm³/mol. The molecule has 0 spiro atoms. The standard InChI is InChI=1S/C11H8BrFIN3O2/c1-5-11(12)6(2)16(15-5)9-3-7(13)8(14)4-10(9)17(18)19/h3-4H,1-2H3. The summed E-state index contributed by atoms with van der Waals surface area (Å²) in [5.41, 5.74) is 1.31. The van der Waals surface area contributed by atoms with Crippen molar-refractivity contribution in [3.8, 4) is 5.69 Å². The highest BCUT2D eigenvalue weighted by Gasteiger charge is 2.22. The van der Waals surface area contributed by atoms with Crippen molar-refractivity contribution in [2.75, 3.05) is 0 Å². The lowest BCUT2D eigenvalue weighted by molar-refractivity contribution is -0.384. The van der Waals surface area contributed by atoms with Crippen LogP contribution in [0.15, 0.2) is 16.6 Å². The number of aryl methyl sites for hydroxylation is 1. The highest BCUT2D eigenvalue weighted by atomic mass is 127. The molecule has 0 saturated heterocycles. The Morgan fingerprint density at radius 3 is 2.58 bits per heavy atom. The van der Waals surface area contributed by atoms with E-state index in [-0.39, 0.29) is 14.9 Å². The molecule has 0 atom stereocenters. The average Bonchev–Trinajstić information content (AvgIpc) is 2.59. The van der Waals surface area contributed by atoms with E-state index in [9.17, 15) is 14.5 Å². The number of benzene rings is 1. The molecule has 0 aliphatic carbocycles. The Morgan fingerprint density at radius 1 is 1.47 bits per heavy atom. The van der Waals surface area contributed by atoms with Crippen LogP contribution in [0, 0.1) is 33.3 Å². The second-order valence-corrected chi connectivity index (χ2v) is 5.86. The number of hydrogen-bond acceptors (Lipinski definition) is 3. The summed E-state index contributed by atoms with van der Waals surface area (Å²) in [6.45, 7) is 3.52. The van der Waals surface area contributed by atoms with E-state index in [1.165, 1.54) is 10.7 Å². The Hall–Kier alpha value is -1.03. The molecule has 0 radical (unpaired) electrons. The van der Waals surface area contributed by atoms with Gasteiger partial charge in [0.15, 0.2) is 0 Å². The number of aromatic nitrogens is 2. The summed E-state index contributed by atoms with van der Waals surface area (Å²) in [5, 5.41) is 15.3. The molecule has 1 aromatic carbocycles. The zero-order valence-electron chi connectivity index (χ0n) is 9.95. The number of nitrogens with zero attached hydrogens (tertiary/aromatic N) is 3. The fourth-order valence-electron chi connectivity index (χ4n) is 1.70. The molecule has 0 amide bonds. The third-order valence-corrected chi connectivity index (χ3v) is 4.62. The molecule has 0 aliphatic heterocycles. The summed E-state index contributed by atoms with van der Waals surface area (Å²) in [6, 6.07) is 2.33. The van der Waals surface area contributed by atoms with Crippen molar-refractivity contribution in [2.45, 2.75) is 13.8 Å². The van der Waals surface area contributed by atoms with Gasteiger partial charge in [-0.3, -0.25) is 10.1 Å². The molecule has 1 aromatic heterocycles. The summed E-state index contributed by atoms with van der Waals surface area (Å²) >= 11 is 5.06. The first-order valence-electron chi connectivity index (χ1n) is 5.18. The van der Waals surface area contributed by atoms with Gasteiger partial charge in [0, 0.05) is 12.1 Å². The third-order valence-electron chi connectivity index (χ3n) is 2.65. The molecule has 1 heterocycles. The van der Waals surface area contributed by atoms with Gasteiger partial charge in [-0.2, -0.15) is 5.10 Å². The quantitative estimate of drug-likeness (QED) is 0.405. The Morgan fingerprint density at radius 2 is 2.11 bits per heavy atom. The maximum absolute atomic E-state index is 13.7. The van der Waals surface area contributed by atoms with Crippen molar-refractivity contribution < 1.29 is 9.31 Å². The van der Waals surface area contributed by atoms with E-state index >= 15 is 0 Å². The molecule has 100 valence electrons. The Bertz CT molecular complexity index is 687. The lowest BCUT2D eigenvalue weighted by atomic mass is 10.2. The predicted octanol–water partition coefficient (Wildman–Crippen LogP) is 3.90. The van der Waals surface area contributed by atoms with Crippen LogP contribution >= 0.6 is 38.5 Å². The van der Waals surface area contributed by atoms with Crippen LogP contribution in [0.3, 0.4) is 0 Å². The minimum Gasteiger partial charge on any atom is -0.258 e. The van der Waals surface area contributed by atoms with Crippen molar-refractivity contribution in [3.05, 3.63) is 47.5 Å². The van der Waals surface area contributed by atoms with E-state index < -0.39 is 10.7 Å². The zero-order valence-corrected chi connectivity index (χ0v) is 13.7. The molecule has 0 saturated carbocycles. The minimum absolute atomic E-state index is 0.120. The maximum Gasteiger partial charge on any atom is 0.296 e. The summed E-state index contributed by atoms with van der Waals surface area (Å²) < 4.78 is 16.0. The lowest BCUT2D eigenvalue weighted by Gasteiger charge is -2.06. The molecular formula is C11H8BrFIN3O2. The van der Waals surface area contributed by atoms with Crippen LogP contribution < -0.4 is 0 Å². The van der Waals surface area contributed by atoms with Crippen molar-refractivity contribution in [3.63, 3.8) is 0 Å². The van der Waals surface area contributed by atoms with Gasteiger partial charge < -0.3 is 0 Å². The molecule has 2 aromatic rings. The van der Waals surface area contributed by atoms with E-state index in [2.05, 4.69) is 21.0 Å². The molecule has 2 rings (SSSR count). The average molecular weight is 440 g/mol. The van der Waals surface area contributed by atoms with E-state index in [1.54, 1.807) is 36.4 Å². The van der Waals surface area contributed by atoms with Crippen molar-refractivity contribution in [1.82, 2.24) is 9.78 Å². The van der Waals surface area contributed by atoms with Gasteiger partial charge in [-0.15, -0.1) is 0 Å². The van der Waals surface area contributed by atoms with E-state index in [4.69, 9.17) is 0 Å². The summed E-state index contributed by atoms with van der Waals surface area (Å²) in [7, 11) is 0. The Balaban J connectivity index is 2.77. The Labute approximate surface area is 130 Å². The topological polar surface area (TPSA) is 61.0 Å². The fraction of sp³-hybridized carbons (Fsp3) is 0.182. The molecule has 0 fully saturated rings. The number of hydrogen-bond donors (Lipinski definition) is 0. The monoisotopic (exact) mass is 439 g/mol. The highest BCUT2D eigenvalue weighted by molar-refractivity contribution is 14.1. The summed E-state index contributed by atoms with van der Waals surface area (Å²) in [6.07, 6.45) is 0. The van der Waals surface area contributed by atoms with Crippen LogP contribution in [0.25, 0.3) is 5.69 Å². The number of nitro benzene ring substituents is 1. The van der Waals surface area contributed by atoms with Crippen LogP contribution in [0.2, 0.25) is 0 Å². The minimum atomic E-state index is -0.540. The molecule has 19 heavy (non-hydrogen) atoms. The Kier molecular flexibility index (Phi) is 3.90. The largest absolute Gasteiger partial charge is 0.296 e. The van der Waals surface area contributed by atoms with Gasteiger partial charge in [0.1, 0.15) is 11.5 Å². The zero-order chi connectivity index (χ0) is 14.3. The van der Waals surface area contributed by atoms with Crippen LogP contribution in [0.5, 0.6) is 0 Å². The van der Waals surface area contributed by atoms with Crippen LogP contribution in [0.1, 0.15) is 11.4 Å². The van der Waals surface area contributed by atoms with Gasteiger partial charge in [-0.05, 0) is 52.4 Å². The number of halogens is 3. The van der Waals surface area contributed by atoms with Crippen molar-refractivity contribution >= 4 is 44.2 Å². The van der Waals surface area contributed by atoms with E-state index in [0.717, 1.165) is 10.5 Å². The van der Waals surface area contributed by atoms with Crippen LogP contribution in [-0.2, 0) is 0 Å². The second kappa shape index (κ2) is 5.16. The number of rotatable bonds is 2. The SMILES string of the molecule is Cc1nn(-c2cc(F)c(I)cc2[N+](=O)[O-])c(C)c1Br. The maximum atomic E-state index is 13.7. The van der Waals surface area contributed by atoms with E-state index in [1.807, 2.05) is 0 Å². The molecule has 0 aliphatic rings. The van der Waals surface area contributed by atoms with Crippen LogP contribution in [-0.4, -0.2) is 14.7 Å². The van der Waals surface area contributed by atoms with Crippen molar-refractivity contribution in [1.29, 1.82) is 0 Å². The summed E-state index contributed by atoms with van der Waals surface area (Å²) in [4.78, 5) is 10.5. The first-order valence-corrected chi connectivity index (χ1v) is 7.05. The van der Waals surface area contributed by atoms with Gasteiger partial charge in [0.05, 0.1) is 24.4 Å². The fourth-order valence-corrected chi connectivity index (χ4v) is 2.40. The smallest absolute Gasteiger partial charge is 0.258 e. The number of nitro groups is 1. The van der Waals surface area contributed by atoms with Gasteiger partial charge in [0.2, 0.25) is 0 Å².